The molecule has 1 fully saturated rings. The van der Waals surface area contributed by atoms with Crippen molar-refractivity contribution in [1.82, 2.24) is 10.2 Å². The maximum absolute atomic E-state index is 12.6. The van der Waals surface area contributed by atoms with Gasteiger partial charge in [0.25, 0.3) is 0 Å². The van der Waals surface area contributed by atoms with E-state index in [1.807, 2.05) is 11.0 Å². The summed E-state index contributed by atoms with van der Waals surface area (Å²) in [6.07, 6.45) is 3.40. The minimum absolute atomic E-state index is 0.259. The number of nitrogens with one attached hydrogen (secondary N) is 1. The third kappa shape index (κ3) is 3.50. The van der Waals surface area contributed by atoms with Crippen molar-refractivity contribution >= 4 is 11.6 Å². The molecular formula is C18H27N3O. The molecule has 1 aromatic rings. The molecule has 0 saturated carbocycles. The van der Waals surface area contributed by atoms with Crippen LogP contribution >= 0.6 is 0 Å². The first-order valence-electron chi connectivity index (χ1n) is 8.59. The molecule has 1 N–H and O–H groups in total. The van der Waals surface area contributed by atoms with Crippen LogP contribution in [0.5, 0.6) is 0 Å². The van der Waals surface area contributed by atoms with Gasteiger partial charge in [0.1, 0.15) is 0 Å². The van der Waals surface area contributed by atoms with E-state index in [9.17, 15) is 4.79 Å². The third-order valence-corrected chi connectivity index (χ3v) is 4.94. The van der Waals surface area contributed by atoms with Gasteiger partial charge in [-0.15, -0.1) is 0 Å². The van der Waals surface area contributed by atoms with Crippen LogP contribution in [-0.2, 0) is 11.2 Å². The van der Waals surface area contributed by atoms with Crippen molar-refractivity contribution in [2.75, 3.05) is 44.2 Å². The fourth-order valence-electron chi connectivity index (χ4n) is 3.57. The summed E-state index contributed by atoms with van der Waals surface area (Å²) in [6, 6.07) is 8.29. The number of likely N-dealkylation sites (tertiary alicyclic amines) is 1. The van der Waals surface area contributed by atoms with Gasteiger partial charge in [0.15, 0.2) is 0 Å². The van der Waals surface area contributed by atoms with Crippen LogP contribution in [0.1, 0.15) is 25.3 Å². The molecule has 0 unspecified atom stereocenters. The molecule has 0 aromatic heterocycles. The summed E-state index contributed by atoms with van der Waals surface area (Å²) in [7, 11) is 0. The van der Waals surface area contributed by atoms with Crippen LogP contribution in [-0.4, -0.2) is 50.1 Å². The molecule has 0 radical (unpaired) electrons. The number of amides is 1. The maximum Gasteiger partial charge on any atom is 0.241 e. The average molecular weight is 301 g/mol. The van der Waals surface area contributed by atoms with E-state index in [2.05, 4.69) is 35.3 Å². The second-order valence-corrected chi connectivity index (χ2v) is 6.45. The number of para-hydroxylation sites is 1. The van der Waals surface area contributed by atoms with Crippen LogP contribution in [0.2, 0.25) is 0 Å². The van der Waals surface area contributed by atoms with Gasteiger partial charge in [-0.2, -0.15) is 0 Å². The molecule has 120 valence electrons. The van der Waals surface area contributed by atoms with Crippen LogP contribution in [0.4, 0.5) is 5.69 Å². The number of nitrogens with zero attached hydrogens (tertiary/aromatic N) is 2. The van der Waals surface area contributed by atoms with Crippen LogP contribution in [0.3, 0.4) is 0 Å². The van der Waals surface area contributed by atoms with Gasteiger partial charge >= 0.3 is 0 Å². The topological polar surface area (TPSA) is 35.6 Å². The molecule has 1 amide bonds. The largest absolute Gasteiger partial charge is 0.317 e. The second kappa shape index (κ2) is 7.25. The lowest BCUT2D eigenvalue weighted by molar-refractivity contribution is -0.120. The van der Waals surface area contributed by atoms with Gasteiger partial charge in [0.2, 0.25) is 5.91 Å². The van der Waals surface area contributed by atoms with E-state index in [1.54, 1.807) is 0 Å². The molecule has 0 spiro atoms. The number of hydrogen-bond acceptors (Lipinski definition) is 3. The number of rotatable bonds is 5. The predicted octanol–water partition coefficient (Wildman–Crippen LogP) is 1.90. The molecule has 0 atom stereocenters. The number of carbonyl (C=O) groups excluding carboxylic acids is 1. The predicted molar refractivity (Wildman–Crippen MR) is 90.2 cm³/mol. The highest BCUT2D eigenvalue weighted by atomic mass is 16.2. The Labute approximate surface area is 133 Å². The standard InChI is InChI=1S/C18H27N3O/c1-2-19-13-15-7-10-20(11-8-15)14-18(22)21-12-9-16-5-3-4-6-17(16)21/h3-6,15,19H,2,7-14H2,1H3. The number of anilines is 1. The number of hydrogen-bond donors (Lipinski definition) is 1. The molecule has 0 bridgehead atoms. The normalized spacial score (nSPS) is 19.4. The Bertz CT molecular complexity index is 509. The van der Waals surface area contributed by atoms with Gasteiger partial charge in [0, 0.05) is 12.2 Å². The van der Waals surface area contributed by atoms with Gasteiger partial charge in [-0.05, 0) is 63.0 Å². The summed E-state index contributed by atoms with van der Waals surface area (Å²) in [4.78, 5) is 16.9. The lowest BCUT2D eigenvalue weighted by Crippen LogP contribution is -2.44. The third-order valence-electron chi connectivity index (χ3n) is 4.94. The smallest absolute Gasteiger partial charge is 0.241 e. The van der Waals surface area contributed by atoms with E-state index in [1.165, 1.54) is 18.4 Å². The highest BCUT2D eigenvalue weighted by molar-refractivity contribution is 5.96. The summed E-state index contributed by atoms with van der Waals surface area (Å²) < 4.78 is 0. The summed E-state index contributed by atoms with van der Waals surface area (Å²) in [5, 5.41) is 3.44. The SMILES string of the molecule is CCNCC1CCN(CC(=O)N2CCc3ccccc32)CC1. The van der Waals surface area contributed by atoms with E-state index >= 15 is 0 Å². The van der Waals surface area contributed by atoms with E-state index in [0.717, 1.165) is 50.7 Å². The van der Waals surface area contributed by atoms with E-state index in [-0.39, 0.29) is 5.91 Å². The lowest BCUT2D eigenvalue weighted by atomic mass is 9.97. The fraction of sp³-hybridized carbons (Fsp3) is 0.611. The summed E-state index contributed by atoms with van der Waals surface area (Å²) in [5.41, 5.74) is 2.43. The van der Waals surface area contributed by atoms with Crippen molar-refractivity contribution < 1.29 is 4.79 Å². The Hall–Kier alpha value is -1.39. The molecule has 4 heteroatoms. The molecular weight excluding hydrogens is 274 g/mol. The Morgan fingerprint density at radius 2 is 2.00 bits per heavy atom. The number of benzene rings is 1. The first kappa shape index (κ1) is 15.5. The molecule has 22 heavy (non-hydrogen) atoms. The van der Waals surface area contributed by atoms with Crippen LogP contribution in [0.15, 0.2) is 24.3 Å². The zero-order valence-electron chi connectivity index (χ0n) is 13.6. The Morgan fingerprint density at radius 1 is 1.23 bits per heavy atom. The van der Waals surface area contributed by atoms with E-state index in [4.69, 9.17) is 0 Å². The number of carbonyl (C=O) groups is 1. The van der Waals surface area contributed by atoms with Crippen molar-refractivity contribution in [3.05, 3.63) is 29.8 Å². The molecule has 4 nitrogen and oxygen atoms in total. The van der Waals surface area contributed by atoms with Gasteiger partial charge in [-0.1, -0.05) is 25.1 Å². The van der Waals surface area contributed by atoms with Gasteiger partial charge in [0.05, 0.1) is 6.54 Å². The first-order valence-corrected chi connectivity index (χ1v) is 8.59. The molecule has 1 aromatic carbocycles. The summed E-state index contributed by atoms with van der Waals surface area (Å²) >= 11 is 0. The minimum Gasteiger partial charge on any atom is -0.317 e. The average Bonchev–Trinajstić information content (AvgIpc) is 2.98. The van der Waals surface area contributed by atoms with E-state index < -0.39 is 0 Å². The minimum atomic E-state index is 0.259. The highest BCUT2D eigenvalue weighted by Crippen LogP contribution is 2.27. The van der Waals surface area contributed by atoms with Crippen molar-refractivity contribution in [2.24, 2.45) is 5.92 Å². The first-order chi connectivity index (χ1) is 10.8. The van der Waals surface area contributed by atoms with Crippen molar-refractivity contribution in [1.29, 1.82) is 0 Å². The van der Waals surface area contributed by atoms with Crippen LogP contribution in [0, 0.1) is 5.92 Å². The molecule has 3 rings (SSSR count). The lowest BCUT2D eigenvalue weighted by Gasteiger charge is -2.32. The van der Waals surface area contributed by atoms with Crippen molar-refractivity contribution in [3.8, 4) is 0 Å². The van der Waals surface area contributed by atoms with E-state index in [0.29, 0.717) is 6.54 Å². The molecule has 2 aliphatic rings. The van der Waals surface area contributed by atoms with Crippen LogP contribution in [0.25, 0.3) is 0 Å². The van der Waals surface area contributed by atoms with Gasteiger partial charge in [-0.3, -0.25) is 9.69 Å². The monoisotopic (exact) mass is 301 g/mol. The molecule has 2 heterocycles. The van der Waals surface area contributed by atoms with Crippen molar-refractivity contribution in [3.63, 3.8) is 0 Å². The van der Waals surface area contributed by atoms with Gasteiger partial charge in [-0.25, -0.2) is 0 Å². The quantitative estimate of drug-likeness (QED) is 0.902. The zero-order valence-corrected chi connectivity index (χ0v) is 13.6. The fourth-order valence-corrected chi connectivity index (χ4v) is 3.57. The maximum atomic E-state index is 12.6. The Morgan fingerprint density at radius 3 is 2.77 bits per heavy atom. The Kier molecular flexibility index (Phi) is 5.11. The molecule has 2 aliphatic heterocycles. The summed E-state index contributed by atoms with van der Waals surface area (Å²) in [5.74, 6) is 1.04. The van der Waals surface area contributed by atoms with Crippen molar-refractivity contribution in [2.45, 2.75) is 26.2 Å². The highest BCUT2D eigenvalue weighted by Gasteiger charge is 2.27. The molecule has 0 aliphatic carbocycles. The number of piperidine rings is 1. The zero-order chi connectivity index (χ0) is 15.4. The number of fused-ring (bicyclic) bond motifs is 1. The Balaban J connectivity index is 1.49. The summed E-state index contributed by atoms with van der Waals surface area (Å²) in [6.45, 7) is 7.85. The second-order valence-electron chi connectivity index (χ2n) is 6.45. The molecule has 1 saturated heterocycles. The van der Waals surface area contributed by atoms with Gasteiger partial charge < -0.3 is 10.2 Å². The van der Waals surface area contributed by atoms with Crippen LogP contribution < -0.4 is 10.2 Å².